The molecule has 0 radical (unpaired) electrons. The van der Waals surface area contributed by atoms with Crippen LogP contribution in [0.4, 0.5) is 10.1 Å². The molecule has 1 aliphatic heterocycles. The van der Waals surface area contributed by atoms with Crippen LogP contribution in [0.1, 0.15) is 50.7 Å². The van der Waals surface area contributed by atoms with Gasteiger partial charge >= 0.3 is 10.2 Å². The van der Waals surface area contributed by atoms with Crippen LogP contribution in [0.2, 0.25) is 0 Å². The van der Waals surface area contributed by atoms with Crippen molar-refractivity contribution < 1.29 is 27.8 Å². The van der Waals surface area contributed by atoms with E-state index in [1.54, 1.807) is 18.6 Å². The van der Waals surface area contributed by atoms with Crippen LogP contribution in [0.25, 0.3) is 0 Å². The number of carbonyl (C=O) groups is 1. The predicted octanol–water partition coefficient (Wildman–Crippen LogP) is 1.76. The fraction of sp³-hybridized carbons (Fsp3) is 0.611. The number of rotatable bonds is 5. The third-order valence-electron chi connectivity index (χ3n) is 5.20. The van der Waals surface area contributed by atoms with Gasteiger partial charge in [-0.25, -0.2) is 13.4 Å². The van der Waals surface area contributed by atoms with Gasteiger partial charge in [0.05, 0.1) is 5.60 Å². The van der Waals surface area contributed by atoms with Crippen molar-refractivity contribution in [1.82, 2.24) is 4.72 Å². The quantitative estimate of drug-likeness (QED) is 0.698. The van der Waals surface area contributed by atoms with Crippen LogP contribution in [0.15, 0.2) is 6.07 Å². The third-order valence-corrected chi connectivity index (χ3v) is 6.58. The molecule has 1 saturated heterocycles. The topological polar surface area (TPSA) is 107 Å². The number of carbonyl (C=O) groups excluding carboxylic acids is 1. The van der Waals surface area contributed by atoms with Crippen LogP contribution < -0.4 is 9.03 Å². The Balaban J connectivity index is 1.85. The van der Waals surface area contributed by atoms with Gasteiger partial charge in [0.15, 0.2) is 5.82 Å². The van der Waals surface area contributed by atoms with Gasteiger partial charge in [0, 0.05) is 0 Å². The smallest absolute Gasteiger partial charge is 0.326 e. The van der Waals surface area contributed by atoms with E-state index in [1.807, 2.05) is 0 Å². The molecule has 1 amide bonds. The number of amides is 1. The fourth-order valence-corrected chi connectivity index (χ4v) is 5.03. The number of nitrogens with zero attached hydrogens (tertiary/aromatic N) is 1. The molecule has 2 aliphatic rings. The zero-order valence-electron chi connectivity index (χ0n) is 15.5. The molecule has 0 bridgehead atoms. The second-order valence-electron chi connectivity index (χ2n) is 8.05. The molecule has 9 heteroatoms. The number of phenols is 1. The summed E-state index contributed by atoms with van der Waals surface area (Å²) in [5.74, 6) is -1.80. The summed E-state index contributed by atoms with van der Waals surface area (Å²) in [6.45, 7) is 2.95. The number of hydrogen-bond acceptors (Lipinski definition) is 5. The minimum Gasteiger partial charge on any atom is -0.506 e. The summed E-state index contributed by atoms with van der Waals surface area (Å²) in [4.78, 5) is 11.4. The Labute approximate surface area is 158 Å². The van der Waals surface area contributed by atoms with E-state index in [9.17, 15) is 23.4 Å². The molecule has 1 heterocycles. The lowest BCUT2D eigenvalue weighted by atomic mass is 9.80. The molecule has 1 unspecified atom stereocenters. The van der Waals surface area contributed by atoms with Crippen molar-refractivity contribution >= 4 is 21.8 Å². The Morgan fingerprint density at radius 1 is 1.41 bits per heavy atom. The Bertz CT molecular complexity index is 863. The molecular formula is C18H25FN2O5S. The van der Waals surface area contributed by atoms with Crippen LogP contribution in [-0.4, -0.2) is 36.7 Å². The van der Waals surface area contributed by atoms with E-state index >= 15 is 4.39 Å². The van der Waals surface area contributed by atoms with Gasteiger partial charge in [0.1, 0.15) is 18.0 Å². The molecule has 1 fully saturated rings. The third kappa shape index (κ3) is 4.19. The summed E-state index contributed by atoms with van der Waals surface area (Å²) in [5.41, 5.74) is -0.134. The summed E-state index contributed by atoms with van der Waals surface area (Å²) >= 11 is 0. The molecular weight excluding hydrogens is 375 g/mol. The Morgan fingerprint density at radius 2 is 2.11 bits per heavy atom. The maximum absolute atomic E-state index is 15.2. The minimum absolute atomic E-state index is 0.224. The Kier molecular flexibility index (Phi) is 5.11. The van der Waals surface area contributed by atoms with Crippen molar-refractivity contribution in [2.24, 2.45) is 5.92 Å². The van der Waals surface area contributed by atoms with Crippen LogP contribution in [-0.2, 0) is 27.8 Å². The molecule has 1 atom stereocenters. The molecule has 1 aromatic rings. The predicted molar refractivity (Wildman–Crippen MR) is 98.1 cm³/mol. The number of phenolic OH excluding ortho intramolecular Hbond substituents is 1. The number of aryl methyl sites for hydroxylation is 1. The summed E-state index contributed by atoms with van der Waals surface area (Å²) in [7, 11) is -4.20. The van der Waals surface area contributed by atoms with Crippen molar-refractivity contribution in [3.63, 3.8) is 0 Å². The molecule has 7 nitrogen and oxygen atoms in total. The van der Waals surface area contributed by atoms with E-state index in [0.717, 1.165) is 19.3 Å². The molecule has 1 aromatic carbocycles. The van der Waals surface area contributed by atoms with E-state index < -0.39 is 45.5 Å². The normalized spacial score (nSPS) is 21.9. The van der Waals surface area contributed by atoms with Gasteiger partial charge < -0.3 is 10.2 Å². The van der Waals surface area contributed by atoms with Crippen molar-refractivity contribution in [2.45, 2.75) is 58.0 Å². The maximum atomic E-state index is 15.2. The monoisotopic (exact) mass is 400 g/mol. The van der Waals surface area contributed by atoms with Gasteiger partial charge in [0.25, 0.3) is 5.91 Å². The van der Waals surface area contributed by atoms with Gasteiger partial charge in [0.2, 0.25) is 0 Å². The largest absolute Gasteiger partial charge is 0.506 e. The van der Waals surface area contributed by atoms with Gasteiger partial charge in [-0.15, -0.1) is 0 Å². The number of halogens is 1. The summed E-state index contributed by atoms with van der Waals surface area (Å²) in [6.07, 6.45) is 4.18. The van der Waals surface area contributed by atoms with Crippen LogP contribution in [0, 0.1) is 11.7 Å². The standard InChI is InChI=1S/C18H25FN2O5S/c1-18(2,24)7-3-4-11-5-6-12-9-14(22)17(16(19)13(12)8-11)21-10-15(23)20-27(21,25)26/h9,11,22,24H,3-8,10H2,1-2H3,(H,20,23). The SMILES string of the molecule is CC(C)(O)CCCC1CCc2cc(O)c(N3CC(=O)NS3(=O)=O)c(F)c2C1. The summed E-state index contributed by atoms with van der Waals surface area (Å²) < 4.78 is 41.6. The highest BCUT2D eigenvalue weighted by Gasteiger charge is 2.39. The number of anilines is 1. The zero-order valence-corrected chi connectivity index (χ0v) is 16.3. The molecule has 3 rings (SSSR count). The van der Waals surface area contributed by atoms with Gasteiger partial charge in [-0.2, -0.15) is 8.42 Å². The first-order valence-electron chi connectivity index (χ1n) is 9.07. The molecule has 3 N–H and O–H groups in total. The van der Waals surface area contributed by atoms with E-state index in [2.05, 4.69) is 0 Å². The van der Waals surface area contributed by atoms with Crippen LogP contribution in [0.3, 0.4) is 0 Å². The zero-order chi connectivity index (χ0) is 20.0. The molecule has 1 aliphatic carbocycles. The lowest BCUT2D eigenvalue weighted by Gasteiger charge is -2.28. The molecule has 0 aromatic heterocycles. The average molecular weight is 400 g/mol. The second-order valence-corrected chi connectivity index (χ2v) is 9.64. The fourth-order valence-electron chi connectivity index (χ4n) is 3.86. The number of hydrogen-bond donors (Lipinski definition) is 3. The number of nitrogens with one attached hydrogen (secondary N) is 1. The van der Waals surface area contributed by atoms with E-state index in [1.165, 1.54) is 6.07 Å². The van der Waals surface area contributed by atoms with Gasteiger partial charge in [-0.3, -0.25) is 4.79 Å². The lowest BCUT2D eigenvalue weighted by molar-refractivity contribution is -0.117. The van der Waals surface area contributed by atoms with Gasteiger partial charge in [-0.05, 0) is 62.6 Å². The number of aromatic hydroxyl groups is 1. The first-order valence-corrected chi connectivity index (χ1v) is 10.5. The molecule has 27 heavy (non-hydrogen) atoms. The Hall–Kier alpha value is -1.87. The first-order chi connectivity index (χ1) is 12.5. The van der Waals surface area contributed by atoms with Crippen LogP contribution >= 0.6 is 0 Å². The van der Waals surface area contributed by atoms with E-state index in [0.29, 0.717) is 34.7 Å². The van der Waals surface area contributed by atoms with Gasteiger partial charge in [-0.1, -0.05) is 12.8 Å². The second kappa shape index (κ2) is 6.94. The average Bonchev–Trinajstić information content (AvgIpc) is 2.79. The van der Waals surface area contributed by atoms with Crippen LogP contribution in [0.5, 0.6) is 5.75 Å². The van der Waals surface area contributed by atoms with Crippen molar-refractivity contribution in [2.75, 3.05) is 10.8 Å². The summed E-state index contributed by atoms with van der Waals surface area (Å²) in [6, 6.07) is 1.40. The highest BCUT2D eigenvalue weighted by Crippen LogP contribution is 2.41. The number of benzene rings is 1. The molecule has 0 saturated carbocycles. The van der Waals surface area contributed by atoms with Crippen molar-refractivity contribution in [1.29, 1.82) is 0 Å². The van der Waals surface area contributed by atoms with E-state index in [-0.39, 0.29) is 5.92 Å². The maximum Gasteiger partial charge on any atom is 0.326 e. The highest BCUT2D eigenvalue weighted by molar-refractivity contribution is 7.92. The minimum atomic E-state index is -4.20. The number of aliphatic hydroxyl groups is 1. The Morgan fingerprint density at radius 3 is 2.70 bits per heavy atom. The van der Waals surface area contributed by atoms with Crippen molar-refractivity contribution in [3.05, 3.63) is 23.0 Å². The lowest BCUT2D eigenvalue weighted by Crippen LogP contribution is -2.31. The molecule has 150 valence electrons. The van der Waals surface area contributed by atoms with E-state index in [4.69, 9.17) is 0 Å². The van der Waals surface area contributed by atoms with Crippen molar-refractivity contribution in [3.8, 4) is 5.75 Å². The highest BCUT2D eigenvalue weighted by atomic mass is 32.2. The summed E-state index contributed by atoms with van der Waals surface area (Å²) in [5, 5.41) is 20.0. The molecule has 0 spiro atoms. The number of fused-ring (bicyclic) bond motifs is 1. The first kappa shape index (κ1) is 19.9.